The molecule has 1 amide bonds. The van der Waals surface area contributed by atoms with Gasteiger partial charge in [0.25, 0.3) is 0 Å². The van der Waals surface area contributed by atoms with E-state index in [4.69, 9.17) is 10.5 Å². The molecule has 0 radical (unpaired) electrons. The number of methoxy groups -OCH3 is 1. The van der Waals surface area contributed by atoms with E-state index in [-0.39, 0.29) is 18.6 Å². The largest absolute Gasteiger partial charge is 0.383 e. The Labute approximate surface area is 130 Å². The maximum atomic E-state index is 11.9. The molecular weight excluding hydrogens is 278 g/mol. The molecule has 2 unspecified atom stereocenters. The Kier molecular flexibility index (Phi) is 5.63. The van der Waals surface area contributed by atoms with Gasteiger partial charge in [-0.15, -0.1) is 0 Å². The lowest BCUT2D eigenvalue weighted by Crippen LogP contribution is -2.44. The van der Waals surface area contributed by atoms with Crippen molar-refractivity contribution in [1.82, 2.24) is 10.3 Å². The molecule has 2 rings (SSSR count). The second-order valence-electron chi connectivity index (χ2n) is 5.16. The first-order chi connectivity index (χ1) is 10.6. The minimum absolute atomic E-state index is 0.113. The first-order valence-electron chi connectivity index (χ1n) is 7.17. The molecule has 2 atom stereocenters. The summed E-state index contributed by atoms with van der Waals surface area (Å²) in [5.74, 6) is -0.217. The summed E-state index contributed by atoms with van der Waals surface area (Å²) >= 11 is 0. The molecule has 1 heterocycles. The van der Waals surface area contributed by atoms with Crippen LogP contribution in [0.1, 0.15) is 18.5 Å². The van der Waals surface area contributed by atoms with Crippen molar-refractivity contribution in [2.75, 3.05) is 13.7 Å². The van der Waals surface area contributed by atoms with Crippen molar-refractivity contribution >= 4 is 5.91 Å². The van der Waals surface area contributed by atoms with Crippen LogP contribution in [0, 0.1) is 0 Å². The molecule has 1 aromatic heterocycles. The highest BCUT2D eigenvalue weighted by molar-refractivity contribution is 5.82. The highest BCUT2D eigenvalue weighted by atomic mass is 16.5. The number of amides is 1. The third-order valence-electron chi connectivity index (χ3n) is 3.45. The zero-order valence-electron chi connectivity index (χ0n) is 12.8. The van der Waals surface area contributed by atoms with Crippen molar-refractivity contribution in [2.45, 2.75) is 19.0 Å². The molecular formula is C17H21N3O2. The van der Waals surface area contributed by atoms with Gasteiger partial charge in [0.05, 0.1) is 12.6 Å². The summed E-state index contributed by atoms with van der Waals surface area (Å²) in [7, 11) is 1.52. The van der Waals surface area contributed by atoms with Crippen LogP contribution >= 0.6 is 0 Å². The number of aromatic nitrogens is 1. The van der Waals surface area contributed by atoms with Gasteiger partial charge >= 0.3 is 0 Å². The molecule has 1 aromatic carbocycles. The van der Waals surface area contributed by atoms with Crippen molar-refractivity contribution in [2.24, 2.45) is 5.73 Å². The Balaban J connectivity index is 2.02. The second kappa shape index (κ2) is 7.68. The van der Waals surface area contributed by atoms with Crippen molar-refractivity contribution in [3.8, 4) is 11.1 Å². The average Bonchev–Trinajstić information content (AvgIpc) is 2.56. The van der Waals surface area contributed by atoms with E-state index in [9.17, 15) is 4.79 Å². The van der Waals surface area contributed by atoms with Crippen LogP contribution < -0.4 is 11.1 Å². The molecule has 3 N–H and O–H groups in total. The fourth-order valence-corrected chi connectivity index (χ4v) is 2.16. The molecule has 0 aliphatic rings. The summed E-state index contributed by atoms with van der Waals surface area (Å²) < 4.78 is 4.89. The van der Waals surface area contributed by atoms with Crippen LogP contribution in [-0.4, -0.2) is 30.6 Å². The molecule has 0 saturated carbocycles. The summed E-state index contributed by atoms with van der Waals surface area (Å²) in [5.41, 5.74) is 8.88. The molecule has 5 heteroatoms. The topological polar surface area (TPSA) is 77.2 Å². The number of carbonyl (C=O) groups is 1. The number of benzene rings is 1. The SMILES string of the molecule is COCC(N)C(=O)NC(C)c1ccc(-c2cccnc2)cc1. The first kappa shape index (κ1) is 16.1. The number of nitrogens with zero attached hydrogens (tertiary/aromatic N) is 1. The van der Waals surface area contributed by atoms with Gasteiger partial charge in [0.2, 0.25) is 5.91 Å². The molecule has 0 fully saturated rings. The van der Waals surface area contributed by atoms with Gasteiger partial charge in [-0.3, -0.25) is 9.78 Å². The van der Waals surface area contributed by atoms with Crippen LogP contribution in [0.25, 0.3) is 11.1 Å². The van der Waals surface area contributed by atoms with Crippen molar-refractivity contribution in [1.29, 1.82) is 0 Å². The van der Waals surface area contributed by atoms with E-state index >= 15 is 0 Å². The number of rotatable bonds is 6. The number of pyridine rings is 1. The minimum atomic E-state index is -0.651. The van der Waals surface area contributed by atoms with E-state index in [1.54, 1.807) is 6.20 Å². The number of hydrogen-bond donors (Lipinski definition) is 2. The Hall–Kier alpha value is -2.24. The normalized spacial score (nSPS) is 13.4. The molecule has 116 valence electrons. The van der Waals surface area contributed by atoms with Crippen LogP contribution in [0.15, 0.2) is 48.8 Å². The summed E-state index contributed by atoms with van der Waals surface area (Å²) in [6.07, 6.45) is 3.57. The maximum absolute atomic E-state index is 11.9. The summed E-state index contributed by atoms with van der Waals surface area (Å²) in [4.78, 5) is 16.0. The molecule has 0 saturated heterocycles. The minimum Gasteiger partial charge on any atom is -0.383 e. The number of hydrogen-bond acceptors (Lipinski definition) is 4. The van der Waals surface area contributed by atoms with Crippen LogP contribution in [0.5, 0.6) is 0 Å². The van der Waals surface area contributed by atoms with Crippen LogP contribution in [0.4, 0.5) is 0 Å². The molecule has 0 aliphatic carbocycles. The zero-order valence-corrected chi connectivity index (χ0v) is 12.8. The lowest BCUT2D eigenvalue weighted by atomic mass is 10.0. The average molecular weight is 299 g/mol. The standard InChI is InChI=1S/C17H21N3O2/c1-12(20-17(21)16(18)11-22-2)13-5-7-14(8-6-13)15-4-3-9-19-10-15/h3-10,12,16H,11,18H2,1-2H3,(H,20,21). The lowest BCUT2D eigenvalue weighted by molar-refractivity contribution is -0.124. The number of carbonyl (C=O) groups excluding carboxylic acids is 1. The first-order valence-corrected chi connectivity index (χ1v) is 7.17. The summed E-state index contributed by atoms with van der Waals surface area (Å²) in [6, 6.07) is 11.2. The van der Waals surface area contributed by atoms with Gasteiger partial charge in [0.1, 0.15) is 6.04 Å². The van der Waals surface area contributed by atoms with Gasteiger partial charge in [-0.25, -0.2) is 0 Å². The Morgan fingerprint density at radius 2 is 2.00 bits per heavy atom. The third kappa shape index (κ3) is 4.13. The van der Waals surface area contributed by atoms with E-state index < -0.39 is 6.04 Å². The third-order valence-corrected chi connectivity index (χ3v) is 3.45. The second-order valence-corrected chi connectivity index (χ2v) is 5.16. The fourth-order valence-electron chi connectivity index (χ4n) is 2.16. The van der Waals surface area contributed by atoms with Gasteiger partial charge < -0.3 is 15.8 Å². The Bertz CT molecular complexity index is 599. The number of ether oxygens (including phenoxy) is 1. The predicted molar refractivity (Wildman–Crippen MR) is 86.1 cm³/mol. The van der Waals surface area contributed by atoms with Crippen molar-refractivity contribution < 1.29 is 9.53 Å². The monoisotopic (exact) mass is 299 g/mol. The van der Waals surface area contributed by atoms with Crippen molar-refractivity contribution in [3.05, 3.63) is 54.4 Å². The van der Waals surface area contributed by atoms with E-state index in [0.717, 1.165) is 16.7 Å². The smallest absolute Gasteiger partial charge is 0.239 e. The predicted octanol–water partition coefficient (Wildman–Crippen LogP) is 1.90. The van der Waals surface area contributed by atoms with Crippen molar-refractivity contribution in [3.63, 3.8) is 0 Å². The molecule has 0 bridgehead atoms. The Morgan fingerprint density at radius 1 is 1.27 bits per heavy atom. The molecule has 5 nitrogen and oxygen atoms in total. The maximum Gasteiger partial charge on any atom is 0.239 e. The zero-order chi connectivity index (χ0) is 15.9. The molecule has 2 aromatic rings. The van der Waals surface area contributed by atoms with E-state index in [0.29, 0.717) is 0 Å². The highest BCUT2D eigenvalue weighted by Gasteiger charge is 2.16. The molecule has 22 heavy (non-hydrogen) atoms. The van der Waals surface area contributed by atoms with Crippen LogP contribution in [0.2, 0.25) is 0 Å². The number of nitrogens with two attached hydrogens (primary N) is 1. The van der Waals surface area contributed by atoms with E-state index in [1.165, 1.54) is 7.11 Å². The quantitative estimate of drug-likeness (QED) is 0.854. The van der Waals surface area contributed by atoms with Gasteiger partial charge in [0, 0.05) is 19.5 Å². The van der Waals surface area contributed by atoms with Gasteiger partial charge in [-0.2, -0.15) is 0 Å². The van der Waals surface area contributed by atoms with E-state index in [2.05, 4.69) is 10.3 Å². The van der Waals surface area contributed by atoms with Crippen LogP contribution in [-0.2, 0) is 9.53 Å². The van der Waals surface area contributed by atoms with Gasteiger partial charge in [0.15, 0.2) is 0 Å². The van der Waals surface area contributed by atoms with Gasteiger partial charge in [-0.1, -0.05) is 30.3 Å². The lowest BCUT2D eigenvalue weighted by Gasteiger charge is -2.17. The summed E-state index contributed by atoms with van der Waals surface area (Å²) in [5, 5.41) is 2.88. The number of nitrogens with one attached hydrogen (secondary N) is 1. The Morgan fingerprint density at radius 3 is 2.59 bits per heavy atom. The fraction of sp³-hybridized carbons (Fsp3) is 0.294. The van der Waals surface area contributed by atoms with E-state index in [1.807, 2.05) is 49.5 Å². The molecule has 0 spiro atoms. The highest BCUT2D eigenvalue weighted by Crippen LogP contribution is 2.21. The van der Waals surface area contributed by atoms with Gasteiger partial charge in [-0.05, 0) is 29.7 Å². The summed E-state index contributed by atoms with van der Waals surface area (Å²) in [6.45, 7) is 2.13. The van der Waals surface area contributed by atoms with Crippen LogP contribution in [0.3, 0.4) is 0 Å². The molecule has 0 aliphatic heterocycles.